The summed E-state index contributed by atoms with van der Waals surface area (Å²) < 4.78 is 44.0. The first-order chi connectivity index (χ1) is 12.0. The van der Waals surface area contributed by atoms with E-state index >= 15 is 0 Å². The van der Waals surface area contributed by atoms with Crippen LogP contribution in [0.4, 0.5) is 8.78 Å². The molecule has 0 bridgehead atoms. The largest absolute Gasteiger partial charge is 0.494 e. The molecule has 0 atom stereocenters. The Balaban J connectivity index is 2.32. The standard InChI is InChI=1S/C16H12F2N2O4S/c1-22-9-5-10(23-2)13(18)11(12(9)17)8-4-7-6-19-16(25-3)20-14(7)15(21)24-8/h4-6H,1-3H3. The van der Waals surface area contributed by atoms with E-state index in [-0.39, 0.29) is 22.8 Å². The second-order valence-corrected chi connectivity index (χ2v) is 5.62. The minimum absolute atomic E-state index is 0.0266. The lowest BCUT2D eigenvalue weighted by Crippen LogP contribution is -2.06. The van der Waals surface area contributed by atoms with Crippen molar-refractivity contribution in [3.05, 3.63) is 40.4 Å². The molecule has 1 aromatic carbocycles. The third kappa shape index (κ3) is 2.91. The lowest BCUT2D eigenvalue weighted by atomic mass is 10.1. The number of halogens is 2. The molecule has 0 unspecified atom stereocenters. The van der Waals surface area contributed by atoms with Crippen molar-refractivity contribution in [1.82, 2.24) is 9.97 Å². The third-order valence-electron chi connectivity index (χ3n) is 3.48. The first-order valence-corrected chi connectivity index (χ1v) is 8.17. The Morgan fingerprint density at radius 1 is 1.12 bits per heavy atom. The Morgan fingerprint density at radius 2 is 1.76 bits per heavy atom. The number of ether oxygens (including phenoxy) is 2. The van der Waals surface area contributed by atoms with Crippen molar-refractivity contribution in [1.29, 1.82) is 0 Å². The van der Waals surface area contributed by atoms with Crippen LogP contribution in [0.5, 0.6) is 11.5 Å². The first-order valence-electron chi connectivity index (χ1n) is 6.95. The van der Waals surface area contributed by atoms with Gasteiger partial charge in [0.15, 0.2) is 33.8 Å². The van der Waals surface area contributed by atoms with Crippen LogP contribution in [0, 0.1) is 11.6 Å². The second kappa shape index (κ2) is 6.67. The summed E-state index contributed by atoms with van der Waals surface area (Å²) in [6.07, 6.45) is 3.15. The van der Waals surface area contributed by atoms with Crippen molar-refractivity contribution in [3.8, 4) is 22.8 Å². The van der Waals surface area contributed by atoms with Crippen LogP contribution in [0.2, 0.25) is 0 Å². The second-order valence-electron chi connectivity index (χ2n) is 4.84. The molecule has 0 spiro atoms. The van der Waals surface area contributed by atoms with Gasteiger partial charge < -0.3 is 13.9 Å². The number of nitrogens with zero attached hydrogens (tertiary/aromatic N) is 2. The van der Waals surface area contributed by atoms with Gasteiger partial charge in [-0.15, -0.1) is 0 Å². The average Bonchev–Trinajstić information content (AvgIpc) is 2.62. The number of benzene rings is 1. The van der Waals surface area contributed by atoms with Crippen molar-refractivity contribution in [3.63, 3.8) is 0 Å². The minimum Gasteiger partial charge on any atom is -0.494 e. The quantitative estimate of drug-likeness (QED) is 0.518. The van der Waals surface area contributed by atoms with E-state index in [1.54, 1.807) is 6.26 Å². The van der Waals surface area contributed by atoms with Crippen LogP contribution in [0.15, 0.2) is 32.7 Å². The minimum atomic E-state index is -1.01. The summed E-state index contributed by atoms with van der Waals surface area (Å²) in [5, 5.41) is 0.678. The Morgan fingerprint density at radius 3 is 2.32 bits per heavy atom. The molecular formula is C16H12F2N2O4S. The van der Waals surface area contributed by atoms with Crippen LogP contribution >= 0.6 is 11.8 Å². The van der Waals surface area contributed by atoms with Gasteiger partial charge >= 0.3 is 5.63 Å². The number of hydrogen-bond donors (Lipinski definition) is 0. The fraction of sp³-hybridized carbons (Fsp3) is 0.188. The maximum absolute atomic E-state index is 14.6. The van der Waals surface area contributed by atoms with Crippen molar-refractivity contribution in [2.75, 3.05) is 20.5 Å². The molecule has 0 N–H and O–H groups in total. The zero-order chi connectivity index (χ0) is 18.1. The molecule has 0 fully saturated rings. The lowest BCUT2D eigenvalue weighted by Gasteiger charge is -2.12. The molecule has 25 heavy (non-hydrogen) atoms. The normalized spacial score (nSPS) is 10.9. The van der Waals surface area contributed by atoms with E-state index in [0.717, 1.165) is 6.07 Å². The van der Waals surface area contributed by atoms with Crippen LogP contribution in [0.3, 0.4) is 0 Å². The van der Waals surface area contributed by atoms with Crippen molar-refractivity contribution < 1.29 is 22.7 Å². The molecule has 3 aromatic rings. The Kier molecular flexibility index (Phi) is 4.58. The monoisotopic (exact) mass is 366 g/mol. The predicted octanol–water partition coefficient (Wildman–Crippen LogP) is 3.27. The van der Waals surface area contributed by atoms with Gasteiger partial charge in [0.1, 0.15) is 5.76 Å². The molecule has 130 valence electrons. The summed E-state index contributed by atoms with van der Waals surface area (Å²) in [5.74, 6) is -2.82. The Labute approximate surface area is 144 Å². The van der Waals surface area contributed by atoms with E-state index in [4.69, 9.17) is 13.9 Å². The van der Waals surface area contributed by atoms with Crippen molar-refractivity contribution in [2.45, 2.75) is 5.16 Å². The first kappa shape index (κ1) is 17.2. The fourth-order valence-corrected chi connectivity index (χ4v) is 2.63. The molecule has 6 nitrogen and oxygen atoms in total. The summed E-state index contributed by atoms with van der Waals surface area (Å²) >= 11 is 1.25. The van der Waals surface area contributed by atoms with Gasteiger partial charge in [-0.3, -0.25) is 0 Å². The highest BCUT2D eigenvalue weighted by Gasteiger charge is 2.24. The van der Waals surface area contributed by atoms with Crippen LogP contribution in [-0.4, -0.2) is 30.4 Å². The van der Waals surface area contributed by atoms with E-state index in [9.17, 15) is 13.6 Å². The molecule has 0 saturated heterocycles. The smallest absolute Gasteiger partial charge is 0.363 e. The average molecular weight is 366 g/mol. The van der Waals surface area contributed by atoms with Gasteiger partial charge in [0.2, 0.25) is 0 Å². The number of fused-ring (bicyclic) bond motifs is 1. The van der Waals surface area contributed by atoms with E-state index in [1.807, 2.05) is 0 Å². The zero-order valence-electron chi connectivity index (χ0n) is 13.4. The highest BCUT2D eigenvalue weighted by atomic mass is 32.2. The lowest BCUT2D eigenvalue weighted by molar-refractivity contribution is 0.358. The van der Waals surface area contributed by atoms with Gasteiger partial charge in [0.05, 0.1) is 19.8 Å². The van der Waals surface area contributed by atoms with Crippen LogP contribution in [0.1, 0.15) is 0 Å². The van der Waals surface area contributed by atoms with Gasteiger partial charge in [-0.05, 0) is 12.3 Å². The number of aromatic nitrogens is 2. The summed E-state index contributed by atoms with van der Waals surface area (Å²) in [6.45, 7) is 0. The molecule has 3 rings (SSSR count). The van der Waals surface area contributed by atoms with Gasteiger partial charge in [-0.25, -0.2) is 23.5 Å². The number of hydrogen-bond acceptors (Lipinski definition) is 7. The number of methoxy groups -OCH3 is 2. The fourth-order valence-electron chi connectivity index (χ4n) is 2.29. The summed E-state index contributed by atoms with van der Waals surface area (Å²) in [5.41, 5.74) is -1.37. The van der Waals surface area contributed by atoms with E-state index in [2.05, 4.69) is 9.97 Å². The summed E-state index contributed by atoms with van der Waals surface area (Å²) in [6, 6.07) is 2.36. The molecular weight excluding hydrogens is 354 g/mol. The van der Waals surface area contributed by atoms with Gasteiger partial charge in [-0.1, -0.05) is 11.8 Å². The topological polar surface area (TPSA) is 74.5 Å². The molecule has 0 amide bonds. The molecule has 0 aliphatic rings. The SMILES string of the molecule is COc1cc(OC)c(F)c(-c2cc3cnc(SC)nc3c(=O)o2)c1F. The van der Waals surface area contributed by atoms with Gasteiger partial charge in [-0.2, -0.15) is 0 Å². The molecule has 0 radical (unpaired) electrons. The van der Waals surface area contributed by atoms with Gasteiger partial charge in [0, 0.05) is 17.6 Å². The predicted molar refractivity (Wildman–Crippen MR) is 88.3 cm³/mol. The molecule has 2 aromatic heterocycles. The van der Waals surface area contributed by atoms with Crippen LogP contribution in [-0.2, 0) is 0 Å². The summed E-state index contributed by atoms with van der Waals surface area (Å²) in [7, 11) is 2.46. The van der Waals surface area contributed by atoms with E-state index < -0.39 is 22.8 Å². The van der Waals surface area contributed by atoms with Crippen molar-refractivity contribution in [2.24, 2.45) is 0 Å². The molecule has 0 aliphatic heterocycles. The van der Waals surface area contributed by atoms with Crippen molar-refractivity contribution >= 4 is 22.7 Å². The molecule has 9 heteroatoms. The van der Waals surface area contributed by atoms with Gasteiger partial charge in [0.25, 0.3) is 0 Å². The molecule has 0 saturated carbocycles. The Hall–Kier alpha value is -2.68. The highest BCUT2D eigenvalue weighted by molar-refractivity contribution is 7.98. The van der Waals surface area contributed by atoms with Crippen LogP contribution in [0.25, 0.3) is 22.2 Å². The number of thioether (sulfide) groups is 1. The number of rotatable bonds is 4. The molecule has 0 aliphatic carbocycles. The molecule has 2 heterocycles. The third-order valence-corrected chi connectivity index (χ3v) is 4.04. The maximum atomic E-state index is 14.6. The van der Waals surface area contributed by atoms with Crippen LogP contribution < -0.4 is 15.1 Å². The Bertz CT molecular complexity index is 995. The maximum Gasteiger partial charge on any atom is 0.363 e. The highest BCUT2D eigenvalue weighted by Crippen LogP contribution is 2.37. The van der Waals surface area contributed by atoms with E-state index in [0.29, 0.717) is 10.5 Å². The zero-order valence-corrected chi connectivity index (χ0v) is 14.2. The summed E-state index contributed by atoms with van der Waals surface area (Å²) in [4.78, 5) is 20.3. The van der Waals surface area contributed by atoms with E-state index in [1.165, 1.54) is 38.2 Å².